The Bertz CT molecular complexity index is 705. The predicted octanol–water partition coefficient (Wildman–Crippen LogP) is 3.67. The van der Waals surface area contributed by atoms with Crippen molar-refractivity contribution in [2.24, 2.45) is 0 Å². The number of benzene rings is 1. The van der Waals surface area contributed by atoms with Gasteiger partial charge >= 0.3 is 6.03 Å². The Morgan fingerprint density at radius 1 is 1.19 bits per heavy atom. The van der Waals surface area contributed by atoms with Crippen LogP contribution in [0.2, 0.25) is 5.02 Å². The lowest BCUT2D eigenvalue weighted by Crippen LogP contribution is -2.52. The second-order valence-corrected chi connectivity index (χ2v) is 7.52. The van der Waals surface area contributed by atoms with Crippen LogP contribution >= 0.6 is 23.4 Å². The Labute approximate surface area is 163 Å². The van der Waals surface area contributed by atoms with Crippen LogP contribution in [0, 0.1) is 0 Å². The summed E-state index contributed by atoms with van der Waals surface area (Å²) in [7, 11) is 0. The van der Waals surface area contributed by atoms with Crippen LogP contribution in [0.25, 0.3) is 0 Å². The van der Waals surface area contributed by atoms with Crippen molar-refractivity contribution in [3.63, 3.8) is 0 Å². The first kappa shape index (κ1) is 18.9. The summed E-state index contributed by atoms with van der Waals surface area (Å²) in [6.07, 6.45) is 3.71. The maximum atomic E-state index is 12.7. The number of rotatable bonds is 5. The van der Waals surface area contributed by atoms with E-state index in [4.69, 9.17) is 11.6 Å². The average molecular weight is 391 g/mol. The number of piperazine rings is 1. The molecule has 1 N–H and O–H groups in total. The molecule has 0 spiro atoms. The van der Waals surface area contributed by atoms with Crippen molar-refractivity contribution in [3.8, 4) is 0 Å². The number of pyridine rings is 1. The standard InChI is InChI=1S/C19H23ClN4OS/c1-26-14-17(15-5-3-2-4-6-15)22-19(25)24-11-9-23(10-12-24)18-8-7-16(20)13-21-18/h2-8,13,17H,9-12,14H2,1H3,(H,22,25)/t17-/m1/s1. The van der Waals surface area contributed by atoms with E-state index in [0.717, 1.165) is 30.2 Å². The Balaban J connectivity index is 1.56. The number of carbonyl (C=O) groups excluding carboxylic acids is 1. The highest BCUT2D eigenvalue weighted by Gasteiger charge is 2.24. The molecule has 0 unspecified atom stereocenters. The van der Waals surface area contributed by atoms with Crippen LogP contribution in [0.1, 0.15) is 11.6 Å². The molecule has 2 amide bonds. The van der Waals surface area contributed by atoms with Gasteiger partial charge in [0.05, 0.1) is 11.1 Å². The van der Waals surface area contributed by atoms with Crippen molar-refractivity contribution >= 4 is 35.2 Å². The molecule has 0 bridgehead atoms. The zero-order chi connectivity index (χ0) is 18.4. The summed E-state index contributed by atoms with van der Waals surface area (Å²) in [6, 6.07) is 13.9. The van der Waals surface area contributed by atoms with E-state index in [2.05, 4.69) is 33.6 Å². The summed E-state index contributed by atoms with van der Waals surface area (Å²) in [5.74, 6) is 1.75. The van der Waals surface area contributed by atoms with E-state index >= 15 is 0 Å². The molecule has 1 atom stereocenters. The number of thioether (sulfide) groups is 1. The van der Waals surface area contributed by atoms with Crippen LogP contribution in [0.4, 0.5) is 10.6 Å². The third kappa shape index (κ3) is 4.83. The van der Waals surface area contributed by atoms with Gasteiger partial charge in [-0.05, 0) is 24.0 Å². The lowest BCUT2D eigenvalue weighted by molar-refractivity contribution is 0.191. The van der Waals surface area contributed by atoms with Crippen LogP contribution in [0.3, 0.4) is 0 Å². The van der Waals surface area contributed by atoms with E-state index in [9.17, 15) is 4.79 Å². The zero-order valence-electron chi connectivity index (χ0n) is 14.8. The normalized spacial score (nSPS) is 15.6. The number of nitrogens with one attached hydrogen (secondary N) is 1. The Morgan fingerprint density at radius 2 is 1.92 bits per heavy atom. The fraction of sp³-hybridized carbons (Fsp3) is 0.368. The molecule has 5 nitrogen and oxygen atoms in total. The molecule has 0 aliphatic carbocycles. The fourth-order valence-corrected chi connectivity index (χ4v) is 3.73. The second-order valence-electron chi connectivity index (χ2n) is 6.18. The maximum absolute atomic E-state index is 12.7. The first-order valence-electron chi connectivity index (χ1n) is 8.63. The third-order valence-electron chi connectivity index (χ3n) is 4.44. The highest BCUT2D eigenvalue weighted by molar-refractivity contribution is 7.98. The van der Waals surface area contributed by atoms with Gasteiger partial charge in [-0.25, -0.2) is 9.78 Å². The molecule has 7 heteroatoms. The number of halogens is 1. The highest BCUT2D eigenvalue weighted by Crippen LogP contribution is 2.19. The minimum atomic E-state index is -0.00313. The Morgan fingerprint density at radius 3 is 2.54 bits per heavy atom. The monoisotopic (exact) mass is 390 g/mol. The third-order valence-corrected chi connectivity index (χ3v) is 5.33. The van der Waals surface area contributed by atoms with Gasteiger partial charge in [0.1, 0.15) is 5.82 Å². The first-order valence-corrected chi connectivity index (χ1v) is 10.4. The number of carbonyl (C=O) groups is 1. The molecule has 2 aromatic rings. The number of urea groups is 1. The molecule has 1 fully saturated rings. The van der Waals surface area contributed by atoms with Gasteiger partial charge in [0.25, 0.3) is 0 Å². The Hall–Kier alpha value is -1.92. The summed E-state index contributed by atoms with van der Waals surface area (Å²) in [5.41, 5.74) is 1.14. The topological polar surface area (TPSA) is 48.5 Å². The minimum absolute atomic E-state index is 0.00313. The van der Waals surface area contributed by atoms with Crippen LogP contribution in [0.15, 0.2) is 48.7 Å². The van der Waals surface area contributed by atoms with Crippen molar-refractivity contribution in [3.05, 3.63) is 59.2 Å². The highest BCUT2D eigenvalue weighted by atomic mass is 35.5. The minimum Gasteiger partial charge on any atom is -0.353 e. The van der Waals surface area contributed by atoms with E-state index in [0.29, 0.717) is 18.1 Å². The van der Waals surface area contributed by atoms with E-state index in [1.54, 1.807) is 18.0 Å². The summed E-state index contributed by atoms with van der Waals surface area (Å²) in [6.45, 7) is 2.88. The van der Waals surface area contributed by atoms with Crippen molar-refractivity contribution in [1.82, 2.24) is 15.2 Å². The van der Waals surface area contributed by atoms with Gasteiger partial charge in [0, 0.05) is 38.1 Å². The molecule has 1 aromatic heterocycles. The molecule has 0 saturated carbocycles. The van der Waals surface area contributed by atoms with Gasteiger partial charge in [-0.2, -0.15) is 11.8 Å². The quantitative estimate of drug-likeness (QED) is 0.846. The van der Waals surface area contributed by atoms with Crippen LogP contribution in [-0.4, -0.2) is 54.1 Å². The summed E-state index contributed by atoms with van der Waals surface area (Å²) < 4.78 is 0. The number of amides is 2. The molecule has 1 aromatic carbocycles. The van der Waals surface area contributed by atoms with Gasteiger partial charge in [-0.15, -0.1) is 0 Å². The van der Waals surface area contributed by atoms with Gasteiger partial charge in [-0.1, -0.05) is 41.9 Å². The first-order chi connectivity index (χ1) is 12.7. The molecule has 1 aliphatic rings. The SMILES string of the molecule is CSC[C@@H](NC(=O)N1CCN(c2ccc(Cl)cn2)CC1)c1ccccc1. The molecule has 3 rings (SSSR count). The molecule has 1 aliphatic heterocycles. The molecule has 138 valence electrons. The molecular weight excluding hydrogens is 368 g/mol. The second kappa shape index (κ2) is 9.14. The van der Waals surface area contributed by atoms with Gasteiger partial charge in [0.2, 0.25) is 0 Å². The van der Waals surface area contributed by atoms with Crippen molar-refractivity contribution in [1.29, 1.82) is 0 Å². The number of aromatic nitrogens is 1. The average Bonchev–Trinajstić information content (AvgIpc) is 2.69. The predicted molar refractivity (Wildman–Crippen MR) is 109 cm³/mol. The van der Waals surface area contributed by atoms with Gasteiger partial charge in [-0.3, -0.25) is 0 Å². The number of hydrogen-bond donors (Lipinski definition) is 1. The van der Waals surface area contributed by atoms with Crippen LogP contribution < -0.4 is 10.2 Å². The lowest BCUT2D eigenvalue weighted by atomic mass is 10.1. The molecule has 0 radical (unpaired) electrons. The zero-order valence-corrected chi connectivity index (χ0v) is 16.3. The van der Waals surface area contributed by atoms with Crippen molar-refractivity contribution in [2.75, 3.05) is 43.1 Å². The molecular formula is C19H23ClN4OS. The van der Waals surface area contributed by atoms with Gasteiger partial charge < -0.3 is 15.1 Å². The number of nitrogens with zero attached hydrogens (tertiary/aromatic N) is 3. The summed E-state index contributed by atoms with van der Waals surface area (Å²) in [4.78, 5) is 21.1. The number of hydrogen-bond acceptors (Lipinski definition) is 4. The van der Waals surface area contributed by atoms with E-state index in [1.165, 1.54) is 0 Å². The molecule has 1 saturated heterocycles. The summed E-state index contributed by atoms with van der Waals surface area (Å²) >= 11 is 7.63. The fourth-order valence-electron chi connectivity index (χ4n) is 3.01. The number of anilines is 1. The summed E-state index contributed by atoms with van der Waals surface area (Å²) in [5, 5.41) is 3.81. The van der Waals surface area contributed by atoms with Crippen LogP contribution in [0.5, 0.6) is 0 Å². The largest absolute Gasteiger partial charge is 0.353 e. The van der Waals surface area contributed by atoms with E-state index in [-0.39, 0.29) is 12.1 Å². The molecule has 2 heterocycles. The van der Waals surface area contributed by atoms with E-state index < -0.39 is 0 Å². The van der Waals surface area contributed by atoms with Crippen molar-refractivity contribution < 1.29 is 4.79 Å². The smallest absolute Gasteiger partial charge is 0.318 e. The lowest BCUT2D eigenvalue weighted by Gasteiger charge is -2.36. The van der Waals surface area contributed by atoms with Gasteiger partial charge in [0.15, 0.2) is 0 Å². The van der Waals surface area contributed by atoms with Crippen LogP contribution in [-0.2, 0) is 0 Å². The van der Waals surface area contributed by atoms with E-state index in [1.807, 2.05) is 35.2 Å². The molecule has 26 heavy (non-hydrogen) atoms. The van der Waals surface area contributed by atoms with Crippen molar-refractivity contribution in [2.45, 2.75) is 6.04 Å². The maximum Gasteiger partial charge on any atom is 0.318 e. The Kier molecular flexibility index (Phi) is 6.63.